The summed E-state index contributed by atoms with van der Waals surface area (Å²) in [5, 5.41) is 8.82. The van der Waals surface area contributed by atoms with Crippen LogP contribution in [0, 0.1) is 0 Å². The molecule has 1 fully saturated rings. The smallest absolute Gasteiger partial charge is 0.120 e. The van der Waals surface area contributed by atoms with Crippen LogP contribution in [0.15, 0.2) is 12.4 Å². The van der Waals surface area contributed by atoms with E-state index < -0.39 is 0 Å². The molecule has 0 saturated carbocycles. The van der Waals surface area contributed by atoms with E-state index in [0.29, 0.717) is 0 Å². The number of aromatic nitrogens is 2. The van der Waals surface area contributed by atoms with Gasteiger partial charge < -0.3 is 10.1 Å². The standard InChI is InChI=1S/C10H18N4O/c15-8-7-13-3-5-14(6-4-13)9-10-11-1-2-12-10/h1-2,15H,3-9H2,(H,11,12). The number of H-pyrrole nitrogens is 1. The quantitative estimate of drug-likeness (QED) is 0.705. The Bertz CT molecular complexity index is 267. The number of hydrogen-bond acceptors (Lipinski definition) is 4. The van der Waals surface area contributed by atoms with Crippen molar-refractivity contribution in [2.45, 2.75) is 6.54 Å². The molecule has 0 radical (unpaired) electrons. The fourth-order valence-electron chi connectivity index (χ4n) is 1.91. The van der Waals surface area contributed by atoms with Crippen LogP contribution in [0.4, 0.5) is 0 Å². The molecule has 0 aromatic carbocycles. The second kappa shape index (κ2) is 5.25. The first-order chi connectivity index (χ1) is 7.38. The van der Waals surface area contributed by atoms with Gasteiger partial charge in [-0.1, -0.05) is 0 Å². The summed E-state index contributed by atoms with van der Waals surface area (Å²) in [4.78, 5) is 12.0. The molecule has 0 amide bonds. The van der Waals surface area contributed by atoms with Gasteiger partial charge >= 0.3 is 0 Å². The number of rotatable bonds is 4. The highest BCUT2D eigenvalue weighted by Crippen LogP contribution is 2.04. The van der Waals surface area contributed by atoms with Gasteiger partial charge in [0.2, 0.25) is 0 Å². The van der Waals surface area contributed by atoms with Crippen LogP contribution in [0.2, 0.25) is 0 Å². The maximum absolute atomic E-state index is 8.82. The van der Waals surface area contributed by atoms with Gasteiger partial charge in [-0.3, -0.25) is 9.80 Å². The predicted octanol–water partition coefficient (Wildman–Crippen LogP) is -0.480. The van der Waals surface area contributed by atoms with E-state index >= 15 is 0 Å². The van der Waals surface area contributed by atoms with E-state index in [1.54, 1.807) is 6.20 Å². The first-order valence-electron chi connectivity index (χ1n) is 5.42. The molecule has 1 saturated heterocycles. The lowest BCUT2D eigenvalue weighted by atomic mass is 10.3. The van der Waals surface area contributed by atoms with Crippen molar-refractivity contribution in [3.63, 3.8) is 0 Å². The van der Waals surface area contributed by atoms with Crippen molar-refractivity contribution in [3.05, 3.63) is 18.2 Å². The number of aliphatic hydroxyl groups excluding tert-OH is 1. The normalized spacial score (nSPS) is 19.5. The van der Waals surface area contributed by atoms with Crippen LogP contribution in [0.3, 0.4) is 0 Å². The predicted molar refractivity (Wildman–Crippen MR) is 57.4 cm³/mol. The second-order valence-corrected chi connectivity index (χ2v) is 3.88. The van der Waals surface area contributed by atoms with Gasteiger partial charge in [0.15, 0.2) is 0 Å². The first kappa shape index (κ1) is 10.6. The maximum atomic E-state index is 8.82. The SMILES string of the molecule is OCCN1CCN(Cc2ncc[nH]2)CC1. The minimum atomic E-state index is 0.262. The monoisotopic (exact) mass is 210 g/mol. The summed E-state index contributed by atoms with van der Waals surface area (Å²) in [5.41, 5.74) is 0. The third kappa shape index (κ3) is 3.02. The zero-order valence-electron chi connectivity index (χ0n) is 8.89. The second-order valence-electron chi connectivity index (χ2n) is 3.88. The number of nitrogens with one attached hydrogen (secondary N) is 1. The molecular weight excluding hydrogens is 192 g/mol. The van der Waals surface area contributed by atoms with E-state index in [2.05, 4.69) is 19.8 Å². The van der Waals surface area contributed by atoms with Crippen LogP contribution in [0.25, 0.3) is 0 Å². The molecule has 84 valence electrons. The molecule has 0 spiro atoms. The third-order valence-corrected chi connectivity index (χ3v) is 2.81. The number of hydrogen-bond donors (Lipinski definition) is 2. The molecule has 0 aliphatic carbocycles. The van der Waals surface area contributed by atoms with Gasteiger partial charge in [-0.2, -0.15) is 0 Å². The van der Waals surface area contributed by atoms with Crippen LogP contribution in [0.1, 0.15) is 5.82 Å². The number of β-amino-alcohol motifs (C(OH)–C–C–N with tert-alkyl or cyclic N) is 1. The Morgan fingerprint density at radius 1 is 1.27 bits per heavy atom. The molecule has 1 aromatic heterocycles. The molecule has 1 aromatic rings. The summed E-state index contributed by atoms with van der Waals surface area (Å²) < 4.78 is 0. The highest BCUT2D eigenvalue weighted by Gasteiger charge is 2.16. The third-order valence-electron chi connectivity index (χ3n) is 2.81. The Labute approximate surface area is 89.7 Å². The Balaban J connectivity index is 1.74. The van der Waals surface area contributed by atoms with Crippen LogP contribution in [-0.4, -0.2) is 64.2 Å². The summed E-state index contributed by atoms with van der Waals surface area (Å²) in [7, 11) is 0. The lowest BCUT2D eigenvalue weighted by Crippen LogP contribution is -2.46. The Hall–Kier alpha value is -0.910. The minimum absolute atomic E-state index is 0.262. The Morgan fingerprint density at radius 3 is 2.60 bits per heavy atom. The molecule has 1 aliphatic rings. The molecule has 1 aliphatic heterocycles. The number of nitrogens with zero attached hydrogens (tertiary/aromatic N) is 3. The van der Waals surface area contributed by atoms with Gasteiger partial charge in [-0.05, 0) is 0 Å². The number of imidazole rings is 1. The average molecular weight is 210 g/mol. The molecular formula is C10H18N4O. The minimum Gasteiger partial charge on any atom is -0.395 e. The van der Waals surface area contributed by atoms with Gasteiger partial charge in [0.25, 0.3) is 0 Å². The van der Waals surface area contributed by atoms with Gasteiger partial charge in [0.05, 0.1) is 13.2 Å². The van der Waals surface area contributed by atoms with Crippen molar-refractivity contribution < 1.29 is 5.11 Å². The zero-order chi connectivity index (χ0) is 10.5. The van der Waals surface area contributed by atoms with E-state index in [0.717, 1.165) is 45.1 Å². The first-order valence-corrected chi connectivity index (χ1v) is 5.42. The fourth-order valence-corrected chi connectivity index (χ4v) is 1.91. The molecule has 2 N–H and O–H groups in total. The summed E-state index contributed by atoms with van der Waals surface area (Å²) in [5.74, 6) is 1.03. The Kier molecular flexibility index (Phi) is 3.71. The lowest BCUT2D eigenvalue weighted by molar-refractivity contribution is 0.107. The van der Waals surface area contributed by atoms with Crippen molar-refractivity contribution in [3.8, 4) is 0 Å². The maximum Gasteiger partial charge on any atom is 0.120 e. The molecule has 0 bridgehead atoms. The highest BCUT2D eigenvalue weighted by atomic mass is 16.3. The van der Waals surface area contributed by atoms with E-state index in [9.17, 15) is 0 Å². The molecule has 2 rings (SSSR count). The average Bonchev–Trinajstić information content (AvgIpc) is 2.74. The van der Waals surface area contributed by atoms with E-state index in [1.807, 2.05) is 6.20 Å². The summed E-state index contributed by atoms with van der Waals surface area (Å²) >= 11 is 0. The molecule has 0 atom stereocenters. The number of aliphatic hydroxyl groups is 1. The van der Waals surface area contributed by atoms with Crippen molar-refractivity contribution in [2.24, 2.45) is 0 Å². The topological polar surface area (TPSA) is 55.4 Å². The van der Waals surface area contributed by atoms with E-state index in [-0.39, 0.29) is 6.61 Å². The fraction of sp³-hybridized carbons (Fsp3) is 0.700. The van der Waals surface area contributed by atoms with Crippen LogP contribution < -0.4 is 0 Å². The summed E-state index contributed by atoms with van der Waals surface area (Å²) in [6.45, 7) is 6.16. The van der Waals surface area contributed by atoms with E-state index in [1.165, 1.54) is 0 Å². The molecule has 2 heterocycles. The molecule has 0 unspecified atom stereocenters. The van der Waals surface area contributed by atoms with Crippen LogP contribution in [-0.2, 0) is 6.54 Å². The molecule has 5 nitrogen and oxygen atoms in total. The van der Waals surface area contributed by atoms with Gasteiger partial charge in [0.1, 0.15) is 5.82 Å². The number of aromatic amines is 1. The van der Waals surface area contributed by atoms with Crippen molar-refractivity contribution in [2.75, 3.05) is 39.3 Å². The number of piperazine rings is 1. The molecule has 5 heteroatoms. The molecule has 15 heavy (non-hydrogen) atoms. The van der Waals surface area contributed by atoms with Crippen LogP contribution in [0.5, 0.6) is 0 Å². The van der Waals surface area contributed by atoms with Gasteiger partial charge in [-0.15, -0.1) is 0 Å². The van der Waals surface area contributed by atoms with E-state index in [4.69, 9.17) is 5.11 Å². The van der Waals surface area contributed by atoms with Gasteiger partial charge in [-0.25, -0.2) is 4.98 Å². The highest BCUT2D eigenvalue weighted by molar-refractivity contribution is 4.87. The zero-order valence-corrected chi connectivity index (χ0v) is 8.89. The Morgan fingerprint density at radius 2 is 2.00 bits per heavy atom. The summed E-state index contributed by atoms with van der Waals surface area (Å²) in [6.07, 6.45) is 3.65. The van der Waals surface area contributed by atoms with Crippen molar-refractivity contribution in [1.29, 1.82) is 0 Å². The van der Waals surface area contributed by atoms with Crippen molar-refractivity contribution >= 4 is 0 Å². The summed E-state index contributed by atoms with van der Waals surface area (Å²) in [6, 6.07) is 0. The lowest BCUT2D eigenvalue weighted by Gasteiger charge is -2.33. The van der Waals surface area contributed by atoms with Crippen molar-refractivity contribution in [1.82, 2.24) is 19.8 Å². The van der Waals surface area contributed by atoms with Crippen LogP contribution >= 0.6 is 0 Å². The van der Waals surface area contributed by atoms with Gasteiger partial charge in [0, 0.05) is 45.1 Å². The largest absolute Gasteiger partial charge is 0.395 e.